The quantitative estimate of drug-likeness (QED) is 0.639. The summed E-state index contributed by atoms with van der Waals surface area (Å²) in [6.07, 6.45) is 0. The van der Waals surface area contributed by atoms with Gasteiger partial charge in [0.25, 0.3) is 5.91 Å². The average Bonchev–Trinajstić information content (AvgIpc) is 3.03. The first kappa shape index (κ1) is 17.2. The van der Waals surface area contributed by atoms with Crippen molar-refractivity contribution in [3.63, 3.8) is 0 Å². The van der Waals surface area contributed by atoms with Crippen LogP contribution in [0.2, 0.25) is 0 Å². The molecule has 1 amide bonds. The maximum Gasteiger partial charge on any atom is 0.253 e. The van der Waals surface area contributed by atoms with E-state index in [9.17, 15) is 13.2 Å². The van der Waals surface area contributed by atoms with Crippen molar-refractivity contribution < 1.29 is 17.9 Å². The van der Waals surface area contributed by atoms with Crippen molar-refractivity contribution in [2.45, 2.75) is 4.90 Å². The summed E-state index contributed by atoms with van der Waals surface area (Å²) in [4.78, 5) is 16.4. The number of fused-ring (bicyclic) bond motifs is 1. The van der Waals surface area contributed by atoms with Crippen LogP contribution in [0.1, 0.15) is 0 Å². The molecule has 2 N–H and O–H groups in total. The van der Waals surface area contributed by atoms with Gasteiger partial charge in [0.15, 0.2) is 9.84 Å². The average molecular weight is 377 g/mol. The molecule has 0 bridgehead atoms. The van der Waals surface area contributed by atoms with E-state index in [0.29, 0.717) is 16.4 Å². The van der Waals surface area contributed by atoms with Crippen LogP contribution in [0, 0.1) is 0 Å². The Labute approximate surface area is 148 Å². The Morgan fingerprint density at radius 3 is 2.64 bits per heavy atom. The number of anilines is 1. The normalized spacial score (nSPS) is 11.2. The predicted octanol–water partition coefficient (Wildman–Crippen LogP) is 2.22. The molecule has 0 aliphatic heterocycles. The van der Waals surface area contributed by atoms with Crippen LogP contribution in [-0.2, 0) is 14.6 Å². The molecule has 130 valence electrons. The van der Waals surface area contributed by atoms with Gasteiger partial charge in [0, 0.05) is 0 Å². The fourth-order valence-corrected chi connectivity index (χ4v) is 4.18. The van der Waals surface area contributed by atoms with E-state index < -0.39 is 21.5 Å². The number of sulfone groups is 1. The minimum atomic E-state index is -3.69. The fraction of sp³-hybridized carbons (Fsp3) is 0.125. The molecule has 0 atom stereocenters. The smallest absolute Gasteiger partial charge is 0.253 e. The number of nitrogens with zero attached hydrogens (tertiary/aromatic N) is 1. The van der Waals surface area contributed by atoms with Crippen molar-refractivity contribution in [3.8, 4) is 5.75 Å². The van der Waals surface area contributed by atoms with E-state index in [4.69, 9.17) is 4.74 Å². The Morgan fingerprint density at radius 1 is 1.16 bits per heavy atom. The molecule has 1 heterocycles. The number of para-hydroxylation sites is 1. The summed E-state index contributed by atoms with van der Waals surface area (Å²) in [6, 6.07) is 13.3. The summed E-state index contributed by atoms with van der Waals surface area (Å²) in [5, 5.41) is 0.435. The molecule has 9 heteroatoms. The summed E-state index contributed by atoms with van der Waals surface area (Å²) in [5.41, 5.74) is 5.68. The number of ether oxygens (including phenoxy) is 1. The van der Waals surface area contributed by atoms with Gasteiger partial charge >= 0.3 is 0 Å². The van der Waals surface area contributed by atoms with Crippen molar-refractivity contribution >= 4 is 42.4 Å². The van der Waals surface area contributed by atoms with Gasteiger partial charge in [-0.1, -0.05) is 35.6 Å². The lowest BCUT2D eigenvalue weighted by Gasteiger charge is -2.06. The first-order valence-electron chi connectivity index (χ1n) is 7.26. The van der Waals surface area contributed by atoms with E-state index in [1.165, 1.54) is 23.5 Å². The number of hydrogen-bond acceptors (Lipinski definition) is 7. The number of carbonyl (C=O) groups is 1. The van der Waals surface area contributed by atoms with Gasteiger partial charge in [-0.15, -0.1) is 0 Å². The fourth-order valence-electron chi connectivity index (χ4n) is 2.18. The summed E-state index contributed by atoms with van der Waals surface area (Å²) in [6.45, 7) is 0. The van der Waals surface area contributed by atoms with Crippen LogP contribution < -0.4 is 15.6 Å². The number of thiazole rings is 1. The number of methoxy groups -OCH3 is 1. The second-order valence-corrected chi connectivity index (χ2v) is 8.09. The Balaban J connectivity index is 1.67. The minimum absolute atomic E-state index is 0.106. The summed E-state index contributed by atoms with van der Waals surface area (Å²) in [7, 11) is -2.14. The van der Waals surface area contributed by atoms with E-state index in [1.54, 1.807) is 31.4 Å². The molecule has 0 aliphatic carbocycles. The van der Waals surface area contributed by atoms with Gasteiger partial charge in [-0.3, -0.25) is 15.6 Å². The van der Waals surface area contributed by atoms with Crippen molar-refractivity contribution in [3.05, 3.63) is 48.5 Å². The maximum atomic E-state index is 12.2. The molecule has 25 heavy (non-hydrogen) atoms. The van der Waals surface area contributed by atoms with Gasteiger partial charge in [-0.25, -0.2) is 13.4 Å². The van der Waals surface area contributed by atoms with Gasteiger partial charge in [0.1, 0.15) is 17.0 Å². The highest BCUT2D eigenvalue weighted by atomic mass is 32.2. The zero-order valence-electron chi connectivity index (χ0n) is 13.2. The number of carbonyl (C=O) groups excluding carboxylic acids is 1. The standard InChI is InChI=1S/C16H15N3O4S2/c1-23-12-8-5-9-13-15(12)17-16(24-13)19-18-14(20)10-25(21,22)11-6-3-2-4-7-11/h2-9H,10H2,1H3,(H,17,19)(H,18,20). The minimum Gasteiger partial charge on any atom is -0.494 e. The number of hydrogen-bond donors (Lipinski definition) is 2. The second kappa shape index (κ2) is 7.08. The molecular formula is C16H15N3O4S2. The van der Waals surface area contributed by atoms with Gasteiger partial charge in [-0.2, -0.15) is 0 Å². The van der Waals surface area contributed by atoms with E-state index in [0.717, 1.165) is 4.70 Å². The summed E-state index contributed by atoms with van der Waals surface area (Å²) < 4.78 is 30.4. The lowest BCUT2D eigenvalue weighted by molar-refractivity contribution is -0.118. The van der Waals surface area contributed by atoms with E-state index in [2.05, 4.69) is 15.8 Å². The SMILES string of the molecule is COc1cccc2sc(NNC(=O)CS(=O)(=O)c3ccccc3)nc12. The van der Waals surface area contributed by atoms with Gasteiger partial charge < -0.3 is 4.74 Å². The van der Waals surface area contributed by atoms with Crippen LogP contribution in [0.3, 0.4) is 0 Å². The molecule has 3 rings (SSSR count). The Kier molecular flexibility index (Phi) is 4.86. The highest BCUT2D eigenvalue weighted by Crippen LogP contribution is 2.31. The Bertz CT molecular complexity index is 1000. The van der Waals surface area contributed by atoms with Gasteiger partial charge in [0.2, 0.25) is 5.13 Å². The van der Waals surface area contributed by atoms with Crippen LogP contribution >= 0.6 is 11.3 Å². The van der Waals surface area contributed by atoms with Crippen molar-refractivity contribution in [2.75, 3.05) is 18.3 Å². The highest BCUT2D eigenvalue weighted by molar-refractivity contribution is 7.92. The number of amides is 1. The first-order valence-corrected chi connectivity index (χ1v) is 9.73. The molecule has 3 aromatic rings. The van der Waals surface area contributed by atoms with Gasteiger partial charge in [-0.05, 0) is 24.3 Å². The van der Waals surface area contributed by atoms with Crippen LogP contribution in [0.25, 0.3) is 10.2 Å². The third-order valence-electron chi connectivity index (χ3n) is 3.33. The molecule has 2 aromatic carbocycles. The summed E-state index contributed by atoms with van der Waals surface area (Å²) in [5.74, 6) is -0.701. The van der Waals surface area contributed by atoms with Crippen molar-refractivity contribution in [1.82, 2.24) is 10.4 Å². The molecule has 0 unspecified atom stereocenters. The molecule has 0 saturated heterocycles. The number of hydrazine groups is 1. The van der Waals surface area contributed by atoms with Crippen LogP contribution in [-0.4, -0.2) is 32.2 Å². The molecular weight excluding hydrogens is 362 g/mol. The second-order valence-electron chi connectivity index (χ2n) is 5.07. The number of aromatic nitrogens is 1. The van der Waals surface area contributed by atoms with E-state index >= 15 is 0 Å². The van der Waals surface area contributed by atoms with Gasteiger partial charge in [0.05, 0.1) is 16.7 Å². The Hall–Kier alpha value is -2.65. The van der Waals surface area contributed by atoms with Crippen LogP contribution in [0.4, 0.5) is 5.13 Å². The molecule has 7 nitrogen and oxygen atoms in total. The number of benzene rings is 2. The van der Waals surface area contributed by atoms with E-state index in [-0.39, 0.29) is 4.90 Å². The molecule has 0 spiro atoms. The molecule has 0 radical (unpaired) electrons. The molecule has 0 saturated carbocycles. The van der Waals surface area contributed by atoms with Crippen molar-refractivity contribution in [1.29, 1.82) is 0 Å². The van der Waals surface area contributed by atoms with Crippen LogP contribution in [0.15, 0.2) is 53.4 Å². The highest BCUT2D eigenvalue weighted by Gasteiger charge is 2.19. The van der Waals surface area contributed by atoms with Crippen LogP contribution in [0.5, 0.6) is 5.75 Å². The summed E-state index contributed by atoms with van der Waals surface area (Å²) >= 11 is 1.32. The molecule has 0 fully saturated rings. The Morgan fingerprint density at radius 2 is 1.92 bits per heavy atom. The third kappa shape index (κ3) is 3.89. The largest absolute Gasteiger partial charge is 0.494 e. The monoisotopic (exact) mass is 377 g/mol. The molecule has 0 aliphatic rings. The topological polar surface area (TPSA) is 97.4 Å². The van der Waals surface area contributed by atoms with E-state index in [1.807, 2.05) is 12.1 Å². The zero-order chi connectivity index (χ0) is 17.9. The lowest BCUT2D eigenvalue weighted by atomic mass is 10.3. The number of rotatable bonds is 6. The number of nitrogens with one attached hydrogen (secondary N) is 2. The van der Waals surface area contributed by atoms with Crippen molar-refractivity contribution in [2.24, 2.45) is 0 Å². The third-order valence-corrected chi connectivity index (χ3v) is 5.90. The molecule has 1 aromatic heterocycles. The lowest BCUT2D eigenvalue weighted by Crippen LogP contribution is -2.34. The first-order chi connectivity index (χ1) is 12.0. The maximum absolute atomic E-state index is 12.2. The predicted molar refractivity (Wildman–Crippen MR) is 96.4 cm³/mol. The zero-order valence-corrected chi connectivity index (χ0v) is 14.9.